The number of aromatic nitrogens is 2. The molecule has 12 nitrogen and oxygen atoms in total. The number of likely N-dealkylation sites (N-methyl/N-ethyl adjacent to an activating group) is 1. The first-order valence-corrected chi connectivity index (χ1v) is 18.0. The molecule has 1 saturated carbocycles. The molecule has 266 valence electrons. The number of aliphatic hydroxyl groups excluding tert-OH is 2. The van der Waals surface area contributed by atoms with Crippen LogP contribution in [0.3, 0.4) is 0 Å². The van der Waals surface area contributed by atoms with Crippen molar-refractivity contribution in [2.75, 3.05) is 41.4 Å². The molecule has 1 aromatic heterocycles. The van der Waals surface area contributed by atoms with E-state index in [0.29, 0.717) is 42.8 Å². The Hall–Kier alpha value is -3.19. The molecule has 6 atom stereocenters. The molecule has 7 N–H and O–H groups in total. The Morgan fingerprint density at radius 1 is 1.06 bits per heavy atom. The van der Waals surface area contributed by atoms with Crippen LogP contribution in [0.1, 0.15) is 97.5 Å². The fourth-order valence-corrected chi connectivity index (χ4v) is 7.29. The molecule has 2 amide bonds. The van der Waals surface area contributed by atoms with Gasteiger partial charge in [0.2, 0.25) is 0 Å². The second-order valence-electron chi connectivity index (χ2n) is 15.2. The highest BCUT2D eigenvalue weighted by Crippen LogP contribution is 2.44. The fourth-order valence-electron chi connectivity index (χ4n) is 7.29. The Morgan fingerprint density at radius 2 is 1.71 bits per heavy atom. The number of nitrogen functional groups attached to an aromatic ring is 1. The van der Waals surface area contributed by atoms with Gasteiger partial charge in [-0.05, 0) is 68.8 Å². The van der Waals surface area contributed by atoms with E-state index in [9.17, 15) is 15.0 Å². The van der Waals surface area contributed by atoms with Crippen LogP contribution in [0.5, 0.6) is 0 Å². The van der Waals surface area contributed by atoms with E-state index in [1.807, 2.05) is 43.1 Å². The number of carbonyl (C=O) groups excluding carboxylic acids is 1. The molecule has 0 bridgehead atoms. The summed E-state index contributed by atoms with van der Waals surface area (Å²) in [6, 6.07) is 7.60. The van der Waals surface area contributed by atoms with Crippen molar-refractivity contribution in [2.24, 2.45) is 5.92 Å². The maximum Gasteiger partial charge on any atom is 0.319 e. The lowest BCUT2D eigenvalue weighted by Crippen LogP contribution is -2.52. The van der Waals surface area contributed by atoms with Crippen LogP contribution in [0.4, 0.5) is 27.8 Å². The third-order valence-corrected chi connectivity index (χ3v) is 10.2. The average molecular weight is 667 g/mol. The Balaban J connectivity index is 1.17. The Bertz CT molecular complexity index is 1330. The normalized spacial score (nSPS) is 26.2. The van der Waals surface area contributed by atoms with Gasteiger partial charge in [0, 0.05) is 18.3 Å². The van der Waals surface area contributed by atoms with Crippen molar-refractivity contribution >= 4 is 29.0 Å². The standard InChI is InChI=1S/C36H58N8O4/c1-23(40-35(47)41-26-17-15-25(16-18-26)36(2,3)4)19-20-43(5)21-27-29(45)30(46)34(48-27)44-32(42-28-31(37)38-22-39-33(28)44)24-13-11-9-7-6-8-10-12-14-24/h15-18,22-24,27,29-30,32,34,42,45-46H,6-14,19-21H2,1-5H3,(H2,37,38,39)(H2,40,41,47)/t23-,27?,29-,30-,32?,34?/m1/s1. The van der Waals surface area contributed by atoms with Crippen LogP contribution in [0.15, 0.2) is 30.6 Å². The second kappa shape index (κ2) is 16.0. The van der Waals surface area contributed by atoms with Gasteiger partial charge >= 0.3 is 6.03 Å². The minimum absolute atomic E-state index is 0.0512. The number of fused-ring (bicyclic) bond motifs is 1. The highest BCUT2D eigenvalue weighted by atomic mass is 16.6. The minimum Gasteiger partial charge on any atom is -0.387 e. The molecule has 3 aliphatic rings. The van der Waals surface area contributed by atoms with Gasteiger partial charge < -0.3 is 46.4 Å². The number of hydrogen-bond acceptors (Lipinski definition) is 10. The number of hydrogen-bond donors (Lipinski definition) is 6. The number of nitrogens with one attached hydrogen (secondary N) is 3. The molecule has 3 heterocycles. The Kier molecular flexibility index (Phi) is 12.0. The molecule has 0 spiro atoms. The van der Waals surface area contributed by atoms with Crippen LogP contribution >= 0.6 is 0 Å². The van der Waals surface area contributed by atoms with E-state index in [-0.39, 0.29) is 23.7 Å². The van der Waals surface area contributed by atoms with E-state index in [1.54, 1.807) is 0 Å². The predicted molar refractivity (Wildman–Crippen MR) is 191 cm³/mol. The molecule has 1 aliphatic carbocycles. The first kappa shape index (κ1) is 36.1. The topological polar surface area (TPSA) is 161 Å². The van der Waals surface area contributed by atoms with Gasteiger partial charge in [-0.25, -0.2) is 14.8 Å². The summed E-state index contributed by atoms with van der Waals surface area (Å²) in [5, 5.41) is 32.1. The van der Waals surface area contributed by atoms with E-state index < -0.39 is 24.5 Å². The van der Waals surface area contributed by atoms with E-state index in [0.717, 1.165) is 31.4 Å². The van der Waals surface area contributed by atoms with E-state index >= 15 is 0 Å². The van der Waals surface area contributed by atoms with E-state index in [4.69, 9.17) is 10.5 Å². The molecular formula is C36H58N8O4. The molecule has 5 rings (SSSR count). The molecule has 1 aromatic carbocycles. The lowest BCUT2D eigenvalue weighted by Gasteiger charge is -2.37. The zero-order valence-electron chi connectivity index (χ0n) is 29.5. The maximum atomic E-state index is 12.6. The zero-order chi connectivity index (χ0) is 34.4. The summed E-state index contributed by atoms with van der Waals surface area (Å²) in [5.74, 6) is 1.28. The number of amides is 2. The molecule has 2 aromatic rings. The SMILES string of the molecule is C[C@H](CCN(C)CC1OC(N2c3ncnc(N)c3NC2C2CCCCCCCCC2)[C@H](O)[C@@H]1O)NC(=O)Nc1ccc(C(C)(C)C)cc1. The van der Waals surface area contributed by atoms with Crippen LogP contribution in [0.2, 0.25) is 0 Å². The van der Waals surface area contributed by atoms with Crippen LogP contribution in [0.25, 0.3) is 0 Å². The molecule has 2 aliphatic heterocycles. The van der Waals surface area contributed by atoms with Crippen LogP contribution in [0, 0.1) is 5.92 Å². The van der Waals surface area contributed by atoms with Crippen molar-refractivity contribution in [3.63, 3.8) is 0 Å². The second-order valence-corrected chi connectivity index (χ2v) is 15.2. The summed E-state index contributed by atoms with van der Waals surface area (Å²) in [4.78, 5) is 25.5. The van der Waals surface area contributed by atoms with Crippen molar-refractivity contribution in [2.45, 2.75) is 134 Å². The highest BCUT2D eigenvalue weighted by Gasteiger charge is 2.51. The number of anilines is 4. The van der Waals surface area contributed by atoms with Gasteiger partial charge in [0.15, 0.2) is 17.9 Å². The first-order valence-electron chi connectivity index (χ1n) is 18.0. The number of ether oxygens (including phenoxy) is 1. The van der Waals surface area contributed by atoms with Crippen molar-refractivity contribution in [1.29, 1.82) is 0 Å². The van der Waals surface area contributed by atoms with Gasteiger partial charge in [-0.1, -0.05) is 77.8 Å². The number of nitrogens with zero attached hydrogens (tertiary/aromatic N) is 4. The molecular weight excluding hydrogens is 608 g/mol. The molecule has 2 fully saturated rings. The van der Waals surface area contributed by atoms with Gasteiger partial charge in [-0.2, -0.15) is 0 Å². The van der Waals surface area contributed by atoms with Gasteiger partial charge in [0.1, 0.15) is 36.5 Å². The van der Waals surface area contributed by atoms with Gasteiger partial charge in [-0.3, -0.25) is 0 Å². The summed E-state index contributed by atoms with van der Waals surface area (Å²) in [6.07, 6.45) is 9.08. The average Bonchev–Trinajstić information content (AvgIpc) is 3.56. The summed E-state index contributed by atoms with van der Waals surface area (Å²) in [5.41, 5.74) is 8.97. The third kappa shape index (κ3) is 8.88. The molecule has 0 radical (unpaired) electrons. The molecule has 48 heavy (non-hydrogen) atoms. The van der Waals surface area contributed by atoms with Gasteiger partial charge in [0.25, 0.3) is 0 Å². The number of nitrogens with two attached hydrogens (primary N) is 1. The van der Waals surface area contributed by atoms with Crippen molar-refractivity contribution < 1.29 is 19.7 Å². The van der Waals surface area contributed by atoms with E-state index in [1.165, 1.54) is 44.0 Å². The summed E-state index contributed by atoms with van der Waals surface area (Å²) >= 11 is 0. The smallest absolute Gasteiger partial charge is 0.319 e. The summed E-state index contributed by atoms with van der Waals surface area (Å²) < 4.78 is 6.49. The number of aliphatic hydroxyl groups is 2. The molecule has 12 heteroatoms. The quantitative estimate of drug-likeness (QED) is 0.214. The number of carbonyl (C=O) groups is 1. The van der Waals surface area contributed by atoms with Crippen LogP contribution in [-0.2, 0) is 10.2 Å². The molecule has 1 saturated heterocycles. The maximum absolute atomic E-state index is 12.6. The monoisotopic (exact) mass is 666 g/mol. The lowest BCUT2D eigenvalue weighted by molar-refractivity contribution is -0.0119. The predicted octanol–water partition coefficient (Wildman–Crippen LogP) is 5.03. The first-order chi connectivity index (χ1) is 22.9. The number of urea groups is 1. The Labute approximate surface area is 286 Å². The van der Waals surface area contributed by atoms with Crippen molar-refractivity contribution in [1.82, 2.24) is 20.2 Å². The van der Waals surface area contributed by atoms with E-state index in [2.05, 4.69) is 51.6 Å². The fraction of sp³-hybridized carbons (Fsp3) is 0.694. The van der Waals surface area contributed by atoms with Crippen molar-refractivity contribution in [3.05, 3.63) is 36.2 Å². The number of benzene rings is 1. The Morgan fingerprint density at radius 3 is 2.35 bits per heavy atom. The summed E-state index contributed by atoms with van der Waals surface area (Å²) in [6.45, 7) is 9.54. The van der Waals surface area contributed by atoms with Gasteiger partial charge in [0.05, 0.1) is 0 Å². The lowest BCUT2D eigenvalue weighted by atomic mass is 9.87. The van der Waals surface area contributed by atoms with Crippen LogP contribution in [-0.4, -0.2) is 88.0 Å². The van der Waals surface area contributed by atoms with Gasteiger partial charge in [-0.15, -0.1) is 0 Å². The van der Waals surface area contributed by atoms with Crippen molar-refractivity contribution in [3.8, 4) is 0 Å². The largest absolute Gasteiger partial charge is 0.387 e. The third-order valence-electron chi connectivity index (χ3n) is 10.2. The summed E-state index contributed by atoms with van der Waals surface area (Å²) in [7, 11) is 1.96. The van der Waals surface area contributed by atoms with Crippen LogP contribution < -0.4 is 26.6 Å². The molecule has 3 unspecified atom stereocenters. The zero-order valence-corrected chi connectivity index (χ0v) is 29.5. The minimum atomic E-state index is -1.13. The highest BCUT2D eigenvalue weighted by molar-refractivity contribution is 5.89. The number of rotatable bonds is 9.